The number of aliphatic carboxylic acids is 1. The van der Waals surface area contributed by atoms with Crippen molar-refractivity contribution in [2.75, 3.05) is 18.4 Å². The SMILES string of the molecule is CCc1cccc(NC(=O)N(CC)CCC(=O)O)c1. The van der Waals surface area contributed by atoms with Gasteiger partial charge in [-0.15, -0.1) is 0 Å². The van der Waals surface area contributed by atoms with Gasteiger partial charge in [0.1, 0.15) is 0 Å². The van der Waals surface area contributed by atoms with E-state index >= 15 is 0 Å². The van der Waals surface area contributed by atoms with E-state index in [2.05, 4.69) is 5.32 Å². The van der Waals surface area contributed by atoms with Crippen molar-refractivity contribution in [3.63, 3.8) is 0 Å². The molecule has 1 aromatic rings. The van der Waals surface area contributed by atoms with E-state index < -0.39 is 5.97 Å². The van der Waals surface area contributed by atoms with Gasteiger partial charge in [-0.2, -0.15) is 0 Å². The quantitative estimate of drug-likeness (QED) is 0.829. The number of anilines is 1. The third kappa shape index (κ3) is 4.99. The summed E-state index contributed by atoms with van der Waals surface area (Å²) in [7, 11) is 0. The number of carboxylic acid groups (broad SMARTS) is 1. The summed E-state index contributed by atoms with van der Waals surface area (Å²) < 4.78 is 0. The van der Waals surface area contributed by atoms with Crippen molar-refractivity contribution in [1.82, 2.24) is 4.90 Å². The molecule has 5 heteroatoms. The zero-order valence-corrected chi connectivity index (χ0v) is 11.3. The van der Waals surface area contributed by atoms with Crippen molar-refractivity contribution in [1.29, 1.82) is 0 Å². The maximum Gasteiger partial charge on any atom is 0.321 e. The van der Waals surface area contributed by atoms with Crippen molar-refractivity contribution in [2.24, 2.45) is 0 Å². The van der Waals surface area contributed by atoms with Crippen molar-refractivity contribution >= 4 is 17.7 Å². The second kappa shape index (κ2) is 7.41. The maximum atomic E-state index is 12.0. The lowest BCUT2D eigenvalue weighted by atomic mass is 10.1. The van der Waals surface area contributed by atoms with Gasteiger partial charge in [-0.25, -0.2) is 4.79 Å². The number of amides is 2. The lowest BCUT2D eigenvalue weighted by Crippen LogP contribution is -2.36. The Kier molecular flexibility index (Phi) is 5.85. The monoisotopic (exact) mass is 264 g/mol. The standard InChI is InChI=1S/C14H20N2O3/c1-3-11-6-5-7-12(10-11)15-14(19)16(4-2)9-8-13(17)18/h5-7,10H,3-4,8-9H2,1-2H3,(H,15,19)(H,17,18). The molecule has 104 valence electrons. The van der Waals surface area contributed by atoms with Crippen LogP contribution in [0.25, 0.3) is 0 Å². The van der Waals surface area contributed by atoms with Crippen molar-refractivity contribution in [3.05, 3.63) is 29.8 Å². The van der Waals surface area contributed by atoms with Gasteiger partial charge in [-0.1, -0.05) is 19.1 Å². The van der Waals surface area contributed by atoms with Gasteiger partial charge in [0, 0.05) is 18.8 Å². The molecule has 0 saturated heterocycles. The number of carboxylic acids is 1. The summed E-state index contributed by atoms with van der Waals surface area (Å²) in [5, 5.41) is 11.4. The van der Waals surface area contributed by atoms with E-state index in [9.17, 15) is 9.59 Å². The number of hydrogen-bond donors (Lipinski definition) is 2. The van der Waals surface area contributed by atoms with Gasteiger partial charge in [0.2, 0.25) is 0 Å². The Morgan fingerprint density at radius 2 is 2.05 bits per heavy atom. The fourth-order valence-corrected chi connectivity index (χ4v) is 1.71. The summed E-state index contributed by atoms with van der Waals surface area (Å²) in [6, 6.07) is 7.36. The fourth-order valence-electron chi connectivity index (χ4n) is 1.71. The van der Waals surface area contributed by atoms with E-state index in [1.165, 1.54) is 4.90 Å². The number of carbonyl (C=O) groups is 2. The van der Waals surface area contributed by atoms with Crippen LogP contribution >= 0.6 is 0 Å². The van der Waals surface area contributed by atoms with Crippen LogP contribution in [0.5, 0.6) is 0 Å². The molecular formula is C14H20N2O3. The second-order valence-electron chi connectivity index (χ2n) is 4.21. The lowest BCUT2D eigenvalue weighted by molar-refractivity contribution is -0.137. The summed E-state index contributed by atoms with van der Waals surface area (Å²) in [6.07, 6.45) is 0.858. The molecular weight excluding hydrogens is 244 g/mol. The van der Waals surface area contributed by atoms with Crippen LogP contribution in [0.2, 0.25) is 0 Å². The Morgan fingerprint density at radius 3 is 2.63 bits per heavy atom. The molecule has 0 aliphatic heterocycles. The highest BCUT2D eigenvalue weighted by Crippen LogP contribution is 2.12. The van der Waals surface area contributed by atoms with Gasteiger partial charge in [0.15, 0.2) is 0 Å². The van der Waals surface area contributed by atoms with Gasteiger partial charge < -0.3 is 15.3 Å². The molecule has 0 radical (unpaired) electrons. The van der Waals surface area contributed by atoms with Crippen LogP contribution in [-0.2, 0) is 11.2 Å². The third-order valence-electron chi connectivity index (χ3n) is 2.85. The number of benzene rings is 1. The maximum absolute atomic E-state index is 12.0. The van der Waals surface area contributed by atoms with Crippen LogP contribution < -0.4 is 5.32 Å². The number of urea groups is 1. The minimum atomic E-state index is -0.903. The molecule has 1 aromatic carbocycles. The summed E-state index contributed by atoms with van der Waals surface area (Å²) >= 11 is 0. The van der Waals surface area contributed by atoms with E-state index in [1.807, 2.05) is 38.1 Å². The Hall–Kier alpha value is -2.04. The van der Waals surface area contributed by atoms with E-state index in [4.69, 9.17) is 5.11 Å². The molecule has 0 aliphatic rings. The van der Waals surface area contributed by atoms with Gasteiger partial charge in [-0.05, 0) is 31.0 Å². The molecule has 0 fully saturated rings. The normalized spacial score (nSPS) is 10.0. The number of rotatable bonds is 6. The van der Waals surface area contributed by atoms with E-state index in [1.54, 1.807) is 0 Å². The first-order valence-corrected chi connectivity index (χ1v) is 6.43. The molecule has 0 spiro atoms. The van der Waals surface area contributed by atoms with E-state index in [0.29, 0.717) is 6.54 Å². The number of aryl methyl sites for hydroxylation is 1. The largest absolute Gasteiger partial charge is 0.481 e. The minimum Gasteiger partial charge on any atom is -0.481 e. The highest BCUT2D eigenvalue weighted by Gasteiger charge is 2.12. The van der Waals surface area contributed by atoms with Crippen LogP contribution in [0.15, 0.2) is 24.3 Å². The van der Waals surface area contributed by atoms with Crippen LogP contribution in [0.1, 0.15) is 25.8 Å². The summed E-state index contributed by atoms with van der Waals surface area (Å²) in [6.45, 7) is 4.56. The summed E-state index contributed by atoms with van der Waals surface area (Å²) in [4.78, 5) is 24.0. The molecule has 0 heterocycles. The molecule has 19 heavy (non-hydrogen) atoms. The summed E-state index contributed by atoms with van der Waals surface area (Å²) in [5.74, 6) is -0.903. The number of nitrogens with zero attached hydrogens (tertiary/aromatic N) is 1. The predicted octanol–water partition coefficient (Wildman–Crippen LogP) is 2.58. The molecule has 0 unspecified atom stereocenters. The van der Waals surface area contributed by atoms with Gasteiger partial charge >= 0.3 is 12.0 Å². The summed E-state index contributed by atoms with van der Waals surface area (Å²) in [5.41, 5.74) is 1.88. The molecule has 0 saturated carbocycles. The average Bonchev–Trinajstić information content (AvgIpc) is 2.39. The number of nitrogens with one attached hydrogen (secondary N) is 1. The molecule has 2 N–H and O–H groups in total. The Bertz CT molecular complexity index is 446. The molecule has 0 aliphatic carbocycles. The van der Waals surface area contributed by atoms with Crippen LogP contribution in [0.3, 0.4) is 0 Å². The first-order valence-electron chi connectivity index (χ1n) is 6.43. The van der Waals surface area contributed by atoms with Crippen LogP contribution in [0, 0.1) is 0 Å². The minimum absolute atomic E-state index is 0.0454. The second-order valence-corrected chi connectivity index (χ2v) is 4.21. The molecule has 1 rings (SSSR count). The number of hydrogen-bond acceptors (Lipinski definition) is 2. The van der Waals surface area contributed by atoms with Gasteiger partial charge in [-0.3, -0.25) is 4.79 Å². The van der Waals surface area contributed by atoms with E-state index in [-0.39, 0.29) is 19.0 Å². The first kappa shape index (κ1) is 15.0. The first-order chi connectivity index (χ1) is 9.06. The fraction of sp³-hybridized carbons (Fsp3) is 0.429. The molecule has 5 nitrogen and oxygen atoms in total. The van der Waals surface area contributed by atoms with Gasteiger partial charge in [0.25, 0.3) is 0 Å². The third-order valence-corrected chi connectivity index (χ3v) is 2.85. The highest BCUT2D eigenvalue weighted by atomic mass is 16.4. The van der Waals surface area contributed by atoms with Gasteiger partial charge in [0.05, 0.1) is 6.42 Å². The zero-order valence-electron chi connectivity index (χ0n) is 11.3. The van der Waals surface area contributed by atoms with Crippen molar-refractivity contribution in [2.45, 2.75) is 26.7 Å². The Morgan fingerprint density at radius 1 is 1.32 bits per heavy atom. The van der Waals surface area contributed by atoms with Crippen LogP contribution in [0.4, 0.5) is 10.5 Å². The molecule has 0 atom stereocenters. The Labute approximate surface area is 113 Å². The number of carbonyl (C=O) groups excluding carboxylic acids is 1. The van der Waals surface area contributed by atoms with E-state index in [0.717, 1.165) is 17.7 Å². The highest BCUT2D eigenvalue weighted by molar-refractivity contribution is 5.89. The smallest absolute Gasteiger partial charge is 0.321 e. The lowest BCUT2D eigenvalue weighted by Gasteiger charge is -2.20. The molecule has 0 bridgehead atoms. The molecule has 0 aromatic heterocycles. The van der Waals surface area contributed by atoms with Crippen molar-refractivity contribution in [3.8, 4) is 0 Å². The van der Waals surface area contributed by atoms with Crippen molar-refractivity contribution < 1.29 is 14.7 Å². The Balaban J connectivity index is 2.62. The average molecular weight is 264 g/mol. The van der Waals surface area contributed by atoms with Crippen LogP contribution in [-0.4, -0.2) is 35.1 Å². The zero-order chi connectivity index (χ0) is 14.3. The topological polar surface area (TPSA) is 69.6 Å². The molecule has 2 amide bonds. The predicted molar refractivity (Wildman–Crippen MR) is 74.3 cm³/mol.